The molecule has 0 saturated carbocycles. The Morgan fingerprint density at radius 1 is 0.884 bits per heavy atom. The highest BCUT2D eigenvalue weighted by atomic mass is 31.1. The van der Waals surface area contributed by atoms with E-state index in [1.165, 1.54) is 24.0 Å². The van der Waals surface area contributed by atoms with E-state index < -0.39 is 8.03 Å². The molecule has 0 spiro atoms. The summed E-state index contributed by atoms with van der Waals surface area (Å²) < 4.78 is 23.7. The smallest absolute Gasteiger partial charge is 0.195 e. The van der Waals surface area contributed by atoms with Gasteiger partial charge in [0.15, 0.2) is 8.03 Å². The summed E-state index contributed by atoms with van der Waals surface area (Å²) in [6.45, 7) is 6.00. The van der Waals surface area contributed by atoms with Crippen molar-refractivity contribution < 1.29 is 13.8 Å². The quantitative estimate of drug-likeness (QED) is 0.148. The van der Waals surface area contributed by atoms with Gasteiger partial charge < -0.3 is 14.2 Å². The van der Waals surface area contributed by atoms with Crippen molar-refractivity contribution in [2.45, 2.75) is 45.5 Å². The summed E-state index contributed by atoms with van der Waals surface area (Å²) in [5, 5.41) is 0. The second kappa shape index (κ2) is 14.2. The number of piperidine rings is 1. The molecule has 222 valence electrons. The van der Waals surface area contributed by atoms with Gasteiger partial charge in [-0.3, -0.25) is 9.46 Å². The minimum atomic E-state index is -2.04. The molecule has 1 aliphatic heterocycles. The zero-order valence-corrected chi connectivity index (χ0v) is 25.8. The van der Waals surface area contributed by atoms with Crippen LogP contribution in [0.2, 0.25) is 0 Å². The molecule has 0 aliphatic carbocycles. The predicted molar refractivity (Wildman–Crippen MR) is 175 cm³/mol. The molecule has 1 fully saturated rings. The molecular formula is C36H40N3O3P. The summed E-state index contributed by atoms with van der Waals surface area (Å²) in [6, 6.07) is 33.5. The lowest BCUT2D eigenvalue weighted by Gasteiger charge is -2.32. The number of nitrogens with one attached hydrogen (secondary N) is 1. The number of hydrogen-bond donors (Lipinski definition) is 1. The van der Waals surface area contributed by atoms with Crippen LogP contribution in [-0.2, 0) is 34.8 Å². The van der Waals surface area contributed by atoms with Crippen molar-refractivity contribution >= 4 is 19.1 Å². The van der Waals surface area contributed by atoms with Crippen LogP contribution < -0.4 is 4.74 Å². The van der Waals surface area contributed by atoms with Gasteiger partial charge in [-0.25, -0.2) is 4.98 Å². The molecule has 1 atom stereocenters. The molecule has 1 saturated heterocycles. The highest BCUT2D eigenvalue weighted by molar-refractivity contribution is 7.38. The number of aromatic nitrogens is 2. The summed E-state index contributed by atoms with van der Waals surface area (Å²) in [4.78, 5) is 10.9. The molecule has 43 heavy (non-hydrogen) atoms. The molecule has 6 rings (SSSR count). The van der Waals surface area contributed by atoms with Gasteiger partial charge in [0, 0.05) is 18.3 Å². The first kappa shape index (κ1) is 29.4. The van der Waals surface area contributed by atoms with Crippen LogP contribution in [0.1, 0.15) is 42.0 Å². The third kappa shape index (κ3) is 7.83. The monoisotopic (exact) mass is 593 g/mol. The number of nitrogens with zero attached hydrogens (tertiary/aromatic N) is 2. The van der Waals surface area contributed by atoms with Crippen molar-refractivity contribution in [1.82, 2.24) is 14.9 Å². The van der Waals surface area contributed by atoms with Crippen LogP contribution in [0.3, 0.4) is 0 Å². The fourth-order valence-electron chi connectivity index (χ4n) is 5.99. The van der Waals surface area contributed by atoms with Gasteiger partial charge >= 0.3 is 0 Å². The number of imidazole rings is 1. The van der Waals surface area contributed by atoms with Crippen LogP contribution in [0.4, 0.5) is 0 Å². The molecule has 7 heteroatoms. The van der Waals surface area contributed by atoms with Gasteiger partial charge in [0.25, 0.3) is 0 Å². The van der Waals surface area contributed by atoms with E-state index >= 15 is 0 Å². The van der Waals surface area contributed by atoms with Crippen molar-refractivity contribution in [1.29, 1.82) is 0 Å². The molecule has 1 aliphatic rings. The molecule has 0 bridgehead atoms. The topological polar surface area (TPSA) is 67.5 Å². The number of benzene rings is 4. The predicted octanol–water partition coefficient (Wildman–Crippen LogP) is 8.27. The van der Waals surface area contributed by atoms with Crippen LogP contribution in [0.25, 0.3) is 22.4 Å². The average molecular weight is 594 g/mol. The molecular weight excluding hydrogens is 553 g/mol. The van der Waals surface area contributed by atoms with Crippen LogP contribution in [0.5, 0.6) is 5.75 Å². The van der Waals surface area contributed by atoms with Gasteiger partial charge in [-0.1, -0.05) is 78.9 Å². The Morgan fingerprint density at radius 2 is 1.67 bits per heavy atom. The van der Waals surface area contributed by atoms with E-state index in [4.69, 9.17) is 14.2 Å². The SMILES string of the molecule is CCO[PH](=O)Cc1cccc(COc2ccccc2CC2CCN(Cc3ccc4nc(-c5ccccc5)[nH]c4c3)CC2)c1. The molecule has 0 amide bonds. The second-order valence-corrected chi connectivity index (χ2v) is 12.8. The summed E-state index contributed by atoms with van der Waals surface area (Å²) in [5.74, 6) is 2.52. The number of aromatic amines is 1. The van der Waals surface area contributed by atoms with Crippen LogP contribution in [-0.4, -0.2) is 34.6 Å². The highest BCUT2D eigenvalue weighted by Crippen LogP contribution is 2.30. The van der Waals surface area contributed by atoms with Crippen molar-refractivity contribution in [3.63, 3.8) is 0 Å². The summed E-state index contributed by atoms with van der Waals surface area (Å²) >= 11 is 0. The van der Waals surface area contributed by atoms with E-state index in [0.29, 0.717) is 25.3 Å². The van der Waals surface area contributed by atoms with E-state index in [-0.39, 0.29) is 0 Å². The van der Waals surface area contributed by atoms with Gasteiger partial charge in [-0.15, -0.1) is 0 Å². The number of hydrogen-bond acceptors (Lipinski definition) is 5. The van der Waals surface area contributed by atoms with Crippen LogP contribution >= 0.6 is 8.03 Å². The number of para-hydroxylation sites is 1. The molecule has 1 aromatic heterocycles. The number of likely N-dealkylation sites (tertiary alicyclic amines) is 1. The Kier molecular flexibility index (Phi) is 9.69. The van der Waals surface area contributed by atoms with Crippen molar-refractivity contribution in [2.75, 3.05) is 19.7 Å². The van der Waals surface area contributed by atoms with Gasteiger partial charge in [0.2, 0.25) is 0 Å². The highest BCUT2D eigenvalue weighted by Gasteiger charge is 2.21. The largest absolute Gasteiger partial charge is 0.489 e. The molecule has 1 N–H and O–H groups in total. The molecule has 4 aromatic carbocycles. The van der Waals surface area contributed by atoms with Gasteiger partial charge in [0.1, 0.15) is 18.2 Å². The van der Waals surface area contributed by atoms with Crippen molar-refractivity contribution in [2.24, 2.45) is 5.92 Å². The molecule has 2 heterocycles. The van der Waals surface area contributed by atoms with Gasteiger partial charge in [0.05, 0.1) is 17.6 Å². The lowest BCUT2D eigenvalue weighted by Crippen LogP contribution is -2.33. The number of H-pyrrole nitrogens is 1. The van der Waals surface area contributed by atoms with Crippen molar-refractivity contribution in [3.05, 3.63) is 119 Å². The van der Waals surface area contributed by atoms with Crippen LogP contribution in [0.15, 0.2) is 97.1 Å². The van der Waals surface area contributed by atoms with Crippen LogP contribution in [0, 0.1) is 5.92 Å². The van der Waals surface area contributed by atoms with E-state index in [1.807, 2.05) is 43.3 Å². The summed E-state index contributed by atoms with van der Waals surface area (Å²) in [6.07, 6.45) is 3.86. The maximum Gasteiger partial charge on any atom is 0.195 e. The van der Waals surface area contributed by atoms with E-state index in [9.17, 15) is 4.57 Å². The third-order valence-corrected chi connectivity index (χ3v) is 9.54. The Balaban J connectivity index is 1.01. The molecule has 5 aromatic rings. The van der Waals surface area contributed by atoms with Crippen molar-refractivity contribution in [3.8, 4) is 17.1 Å². The van der Waals surface area contributed by atoms with Gasteiger partial charge in [-0.2, -0.15) is 0 Å². The lowest BCUT2D eigenvalue weighted by molar-refractivity contribution is 0.176. The van der Waals surface area contributed by atoms with Gasteiger partial charge in [-0.05, 0) is 85.6 Å². The Labute approximate surface area is 254 Å². The zero-order valence-electron chi connectivity index (χ0n) is 24.8. The minimum absolute atomic E-state index is 0.467. The summed E-state index contributed by atoms with van der Waals surface area (Å²) in [5.41, 5.74) is 7.91. The lowest BCUT2D eigenvalue weighted by atomic mass is 9.89. The number of fused-ring (bicyclic) bond motifs is 1. The number of rotatable bonds is 12. The fourth-order valence-corrected chi connectivity index (χ4v) is 6.97. The standard InChI is InChI=1S/C36H40N3O3P/c1-2-42-43(40)26-30-10-8-9-29(21-30)25-41-35-14-7-6-13-32(35)22-27-17-19-39(20-18-27)24-28-15-16-33-34(23-28)38-36(37-33)31-11-4-3-5-12-31/h3-16,21,23,27,43H,2,17-20,22,24-26H2,1H3,(H,37,38). The molecule has 0 radical (unpaired) electrons. The number of ether oxygens (including phenoxy) is 1. The third-order valence-electron chi connectivity index (χ3n) is 8.23. The van der Waals surface area contributed by atoms with E-state index in [2.05, 4.69) is 70.5 Å². The first-order valence-electron chi connectivity index (χ1n) is 15.3. The van der Waals surface area contributed by atoms with E-state index in [0.717, 1.165) is 65.4 Å². The molecule has 6 nitrogen and oxygen atoms in total. The summed E-state index contributed by atoms with van der Waals surface area (Å²) in [7, 11) is -2.04. The first-order valence-corrected chi connectivity index (χ1v) is 16.9. The Hall–Kier alpha value is -3.70. The minimum Gasteiger partial charge on any atom is -0.489 e. The zero-order chi connectivity index (χ0) is 29.4. The normalized spacial score (nSPS) is 15.1. The Morgan fingerprint density at radius 3 is 2.51 bits per heavy atom. The first-order chi connectivity index (χ1) is 21.1. The fraction of sp³-hybridized carbons (Fsp3) is 0.306. The molecule has 1 unspecified atom stereocenters. The maximum atomic E-state index is 12.1. The van der Waals surface area contributed by atoms with E-state index in [1.54, 1.807) is 0 Å². The Bertz CT molecular complexity index is 1660. The average Bonchev–Trinajstić information content (AvgIpc) is 3.46. The maximum absolute atomic E-state index is 12.1. The second-order valence-electron chi connectivity index (χ2n) is 11.4.